The molecule has 0 aromatic carbocycles. The maximum Gasteiger partial charge on any atom is 0.248 e. The second-order valence-electron chi connectivity index (χ2n) is 5.36. The van der Waals surface area contributed by atoms with Crippen LogP contribution in [-0.4, -0.2) is 48.7 Å². The Morgan fingerprint density at radius 2 is 2.19 bits per heavy atom. The molecule has 3 aliphatic rings. The molecule has 0 aromatic rings. The van der Waals surface area contributed by atoms with Gasteiger partial charge in [0.15, 0.2) is 0 Å². The number of amides is 1. The van der Waals surface area contributed by atoms with E-state index in [9.17, 15) is 4.79 Å². The number of morpholine rings is 1. The molecule has 3 rings (SSSR count). The fourth-order valence-corrected chi connectivity index (χ4v) is 3.27. The molecule has 2 heterocycles. The Morgan fingerprint density at radius 1 is 1.38 bits per heavy atom. The fraction of sp³-hybridized carbons (Fsp3) is 0.917. The third-order valence-electron chi connectivity index (χ3n) is 4.25. The van der Waals surface area contributed by atoms with E-state index in [1.165, 1.54) is 25.7 Å². The Labute approximate surface area is 96.3 Å². The van der Waals surface area contributed by atoms with Crippen molar-refractivity contribution in [3.8, 4) is 0 Å². The van der Waals surface area contributed by atoms with Gasteiger partial charge < -0.3 is 15.0 Å². The molecular weight excluding hydrogens is 204 g/mol. The first kappa shape index (κ1) is 10.5. The van der Waals surface area contributed by atoms with E-state index in [0.717, 1.165) is 26.1 Å². The van der Waals surface area contributed by atoms with Gasteiger partial charge in [0, 0.05) is 12.6 Å². The molecule has 4 heteroatoms. The minimum absolute atomic E-state index is 0.0729. The predicted octanol–water partition coefficient (Wildman–Crippen LogP) is 0.520. The molecule has 1 spiro atoms. The summed E-state index contributed by atoms with van der Waals surface area (Å²) in [6.45, 7) is 3.03. The van der Waals surface area contributed by atoms with Crippen LogP contribution in [0.3, 0.4) is 0 Å². The normalized spacial score (nSPS) is 36.5. The van der Waals surface area contributed by atoms with Gasteiger partial charge in [-0.05, 0) is 25.8 Å². The molecule has 1 atom stereocenters. The summed E-state index contributed by atoms with van der Waals surface area (Å²) in [5.74, 6) is 0.199. The highest BCUT2D eigenvalue weighted by molar-refractivity contribution is 5.78. The average molecular weight is 224 g/mol. The summed E-state index contributed by atoms with van der Waals surface area (Å²) >= 11 is 0. The standard InChI is InChI=1S/C12H20N2O2/c15-11-7-16-12(5-6-13-8-12)9-14(11)10-3-1-2-4-10/h10,13H,1-9H2. The van der Waals surface area contributed by atoms with E-state index in [-0.39, 0.29) is 18.1 Å². The summed E-state index contributed by atoms with van der Waals surface area (Å²) in [4.78, 5) is 14.0. The predicted molar refractivity (Wildman–Crippen MR) is 60.1 cm³/mol. The van der Waals surface area contributed by atoms with Gasteiger partial charge in [0.05, 0.1) is 12.1 Å². The van der Waals surface area contributed by atoms with E-state index in [4.69, 9.17) is 4.74 Å². The molecule has 2 saturated heterocycles. The highest BCUT2D eigenvalue weighted by Crippen LogP contribution is 2.31. The minimum Gasteiger partial charge on any atom is -0.362 e. The Kier molecular flexibility index (Phi) is 2.64. The Bertz CT molecular complexity index is 281. The SMILES string of the molecule is O=C1COC2(CCNC2)CN1C1CCCC1. The van der Waals surface area contributed by atoms with Gasteiger partial charge in [0.2, 0.25) is 5.91 Å². The first-order valence-corrected chi connectivity index (χ1v) is 6.43. The Hall–Kier alpha value is -0.610. The second kappa shape index (κ2) is 4.00. The van der Waals surface area contributed by atoms with Crippen molar-refractivity contribution in [2.24, 2.45) is 0 Å². The average Bonchev–Trinajstić information content (AvgIpc) is 2.94. The van der Waals surface area contributed by atoms with E-state index in [1.54, 1.807) is 0 Å². The van der Waals surface area contributed by atoms with Gasteiger partial charge >= 0.3 is 0 Å². The first-order chi connectivity index (χ1) is 7.79. The molecule has 1 N–H and O–H groups in total. The van der Waals surface area contributed by atoms with Gasteiger partial charge in [-0.3, -0.25) is 4.79 Å². The Morgan fingerprint density at radius 3 is 2.88 bits per heavy atom. The van der Waals surface area contributed by atoms with E-state index in [2.05, 4.69) is 10.2 Å². The highest BCUT2D eigenvalue weighted by atomic mass is 16.5. The van der Waals surface area contributed by atoms with Gasteiger partial charge in [-0.2, -0.15) is 0 Å². The fourth-order valence-electron chi connectivity index (χ4n) is 3.27. The summed E-state index contributed by atoms with van der Waals surface area (Å²) in [6.07, 6.45) is 5.98. The van der Waals surface area contributed by atoms with Crippen molar-refractivity contribution in [1.82, 2.24) is 10.2 Å². The van der Waals surface area contributed by atoms with Crippen molar-refractivity contribution in [3.63, 3.8) is 0 Å². The molecule has 1 unspecified atom stereocenters. The van der Waals surface area contributed by atoms with Gasteiger partial charge in [0.25, 0.3) is 0 Å². The Balaban J connectivity index is 1.73. The molecule has 0 aromatic heterocycles. The molecule has 4 nitrogen and oxygen atoms in total. The zero-order chi connectivity index (χ0) is 11.0. The second-order valence-corrected chi connectivity index (χ2v) is 5.36. The first-order valence-electron chi connectivity index (χ1n) is 6.43. The third kappa shape index (κ3) is 1.74. The van der Waals surface area contributed by atoms with E-state index < -0.39 is 0 Å². The van der Waals surface area contributed by atoms with Crippen molar-refractivity contribution >= 4 is 5.91 Å². The molecule has 0 bridgehead atoms. The summed E-state index contributed by atoms with van der Waals surface area (Å²) < 4.78 is 5.77. The maximum atomic E-state index is 11.9. The molecule has 90 valence electrons. The van der Waals surface area contributed by atoms with Crippen molar-refractivity contribution in [2.75, 3.05) is 26.2 Å². The summed E-state index contributed by atoms with van der Waals surface area (Å²) in [6, 6.07) is 0.494. The van der Waals surface area contributed by atoms with Crippen LogP contribution in [0.2, 0.25) is 0 Å². The van der Waals surface area contributed by atoms with Crippen LogP contribution in [0.5, 0.6) is 0 Å². The third-order valence-corrected chi connectivity index (χ3v) is 4.25. The lowest BCUT2D eigenvalue weighted by atomic mass is 9.99. The van der Waals surface area contributed by atoms with Crippen LogP contribution in [0.1, 0.15) is 32.1 Å². The number of ether oxygens (including phenoxy) is 1. The number of carbonyl (C=O) groups is 1. The molecular formula is C12H20N2O2. The van der Waals surface area contributed by atoms with Gasteiger partial charge in [0.1, 0.15) is 6.61 Å². The lowest BCUT2D eigenvalue weighted by Gasteiger charge is -2.42. The lowest BCUT2D eigenvalue weighted by Crippen LogP contribution is -2.58. The molecule has 1 aliphatic carbocycles. The number of nitrogens with one attached hydrogen (secondary N) is 1. The van der Waals surface area contributed by atoms with Crippen molar-refractivity contribution < 1.29 is 9.53 Å². The number of carbonyl (C=O) groups excluding carboxylic acids is 1. The molecule has 0 radical (unpaired) electrons. The topological polar surface area (TPSA) is 41.6 Å². The molecule has 2 aliphatic heterocycles. The molecule has 1 saturated carbocycles. The molecule has 16 heavy (non-hydrogen) atoms. The van der Waals surface area contributed by atoms with Crippen molar-refractivity contribution in [3.05, 3.63) is 0 Å². The van der Waals surface area contributed by atoms with Crippen LogP contribution in [0.15, 0.2) is 0 Å². The number of hydrogen-bond acceptors (Lipinski definition) is 3. The summed E-state index contributed by atoms with van der Waals surface area (Å²) in [7, 11) is 0. The van der Waals surface area contributed by atoms with Crippen LogP contribution in [0, 0.1) is 0 Å². The number of hydrogen-bond donors (Lipinski definition) is 1. The summed E-state index contributed by atoms with van der Waals surface area (Å²) in [5, 5.41) is 3.35. The van der Waals surface area contributed by atoms with Crippen molar-refractivity contribution in [2.45, 2.75) is 43.7 Å². The van der Waals surface area contributed by atoms with Gasteiger partial charge in [-0.1, -0.05) is 12.8 Å². The van der Waals surface area contributed by atoms with Crippen LogP contribution in [0.25, 0.3) is 0 Å². The smallest absolute Gasteiger partial charge is 0.248 e. The summed E-state index contributed by atoms with van der Waals surface area (Å²) in [5.41, 5.74) is -0.0729. The van der Waals surface area contributed by atoms with Crippen LogP contribution >= 0.6 is 0 Å². The monoisotopic (exact) mass is 224 g/mol. The zero-order valence-electron chi connectivity index (χ0n) is 9.71. The van der Waals surface area contributed by atoms with Crippen LogP contribution in [-0.2, 0) is 9.53 Å². The van der Waals surface area contributed by atoms with E-state index >= 15 is 0 Å². The van der Waals surface area contributed by atoms with Gasteiger partial charge in [-0.25, -0.2) is 0 Å². The largest absolute Gasteiger partial charge is 0.362 e. The maximum absolute atomic E-state index is 11.9. The van der Waals surface area contributed by atoms with Gasteiger partial charge in [-0.15, -0.1) is 0 Å². The minimum atomic E-state index is -0.0729. The number of nitrogens with zero attached hydrogens (tertiary/aromatic N) is 1. The highest BCUT2D eigenvalue weighted by Gasteiger charge is 2.44. The van der Waals surface area contributed by atoms with Crippen LogP contribution < -0.4 is 5.32 Å². The molecule has 1 amide bonds. The van der Waals surface area contributed by atoms with E-state index in [1.807, 2.05) is 0 Å². The zero-order valence-corrected chi connectivity index (χ0v) is 9.71. The molecule has 3 fully saturated rings. The van der Waals surface area contributed by atoms with Crippen LogP contribution in [0.4, 0.5) is 0 Å². The van der Waals surface area contributed by atoms with E-state index in [0.29, 0.717) is 6.04 Å². The van der Waals surface area contributed by atoms with Crippen molar-refractivity contribution in [1.29, 1.82) is 0 Å². The lowest BCUT2D eigenvalue weighted by molar-refractivity contribution is -0.164. The number of rotatable bonds is 1. The quantitative estimate of drug-likeness (QED) is 0.706.